The first-order valence-electron chi connectivity index (χ1n) is 5.39. The first-order chi connectivity index (χ1) is 8.39. The molecule has 0 amide bonds. The summed E-state index contributed by atoms with van der Waals surface area (Å²) in [6.07, 6.45) is 2.35. The topological polar surface area (TPSA) is 83.3 Å². The van der Waals surface area contributed by atoms with Crippen molar-refractivity contribution >= 4 is 15.9 Å². The van der Waals surface area contributed by atoms with Crippen molar-refractivity contribution in [2.75, 3.05) is 24.2 Å². The van der Waals surface area contributed by atoms with Crippen LogP contribution in [-0.4, -0.2) is 38.9 Å². The van der Waals surface area contributed by atoms with Gasteiger partial charge in [0.2, 0.25) is 0 Å². The highest BCUT2D eigenvalue weighted by Crippen LogP contribution is 2.22. The molecule has 1 saturated heterocycles. The number of anilines is 1. The van der Waals surface area contributed by atoms with Crippen LogP contribution in [0.5, 0.6) is 0 Å². The minimum absolute atomic E-state index is 0.325. The van der Waals surface area contributed by atoms with E-state index >= 15 is 0 Å². The number of nitriles is 1. The third kappa shape index (κ3) is 2.78. The van der Waals surface area contributed by atoms with Gasteiger partial charge in [-0.1, -0.05) is 0 Å². The summed E-state index contributed by atoms with van der Waals surface area (Å²) in [5, 5.41) is 8.92. The molecule has 2 heterocycles. The Balaban J connectivity index is 2.03. The molecule has 7 heteroatoms. The van der Waals surface area contributed by atoms with E-state index < -0.39 is 10.1 Å². The van der Waals surface area contributed by atoms with E-state index in [0.717, 1.165) is 11.8 Å². The Kier molecular flexibility index (Phi) is 3.24. The van der Waals surface area contributed by atoms with Gasteiger partial charge in [0, 0.05) is 19.3 Å². The van der Waals surface area contributed by atoms with Gasteiger partial charge in [-0.2, -0.15) is 13.7 Å². The van der Waals surface area contributed by atoms with Crippen molar-refractivity contribution in [3.63, 3.8) is 0 Å². The molecule has 18 heavy (non-hydrogen) atoms. The van der Waals surface area contributed by atoms with Gasteiger partial charge in [-0.25, -0.2) is 4.98 Å². The van der Waals surface area contributed by atoms with Gasteiger partial charge in [0.15, 0.2) is 0 Å². The quantitative estimate of drug-likeness (QED) is 0.738. The van der Waals surface area contributed by atoms with Crippen molar-refractivity contribution in [1.82, 2.24) is 4.98 Å². The summed E-state index contributed by atoms with van der Waals surface area (Å²) in [6.45, 7) is 2.75. The Labute approximate surface area is 106 Å². The molecule has 0 unspecified atom stereocenters. The van der Waals surface area contributed by atoms with Crippen LogP contribution < -0.4 is 4.90 Å². The van der Waals surface area contributed by atoms with Crippen LogP contribution in [0.4, 0.5) is 5.82 Å². The van der Waals surface area contributed by atoms with Crippen LogP contribution in [0.2, 0.25) is 0 Å². The average molecular weight is 267 g/mol. The summed E-state index contributed by atoms with van der Waals surface area (Å²) < 4.78 is 26.7. The molecular formula is C11H13N3O3S. The second-order valence-electron chi connectivity index (χ2n) is 4.30. The molecule has 0 atom stereocenters. The molecule has 0 aliphatic carbocycles. The molecule has 2 rings (SSSR count). The third-order valence-corrected chi connectivity index (χ3v) is 3.31. The SMILES string of the molecule is Cc1cnc(N2CC(OS(C)(=O)=O)C2)cc1C#N. The average Bonchev–Trinajstić information content (AvgIpc) is 2.23. The Morgan fingerprint density at radius 1 is 1.56 bits per heavy atom. The molecule has 0 spiro atoms. The zero-order valence-electron chi connectivity index (χ0n) is 10.1. The molecule has 0 saturated carbocycles. The summed E-state index contributed by atoms with van der Waals surface area (Å²) in [7, 11) is -3.41. The van der Waals surface area contributed by atoms with Crippen LogP contribution in [-0.2, 0) is 14.3 Å². The monoisotopic (exact) mass is 267 g/mol. The number of nitrogens with zero attached hydrogens (tertiary/aromatic N) is 3. The number of hydrogen-bond acceptors (Lipinski definition) is 6. The van der Waals surface area contributed by atoms with Gasteiger partial charge in [0.25, 0.3) is 10.1 Å². The van der Waals surface area contributed by atoms with E-state index in [1.54, 1.807) is 12.3 Å². The third-order valence-electron chi connectivity index (χ3n) is 2.69. The minimum Gasteiger partial charge on any atom is -0.351 e. The highest BCUT2D eigenvalue weighted by atomic mass is 32.2. The second-order valence-corrected chi connectivity index (χ2v) is 5.90. The molecule has 0 N–H and O–H groups in total. The summed E-state index contributed by atoms with van der Waals surface area (Å²) in [5.41, 5.74) is 1.40. The van der Waals surface area contributed by atoms with E-state index in [0.29, 0.717) is 24.5 Å². The highest BCUT2D eigenvalue weighted by molar-refractivity contribution is 7.86. The Morgan fingerprint density at radius 2 is 2.22 bits per heavy atom. The zero-order chi connectivity index (χ0) is 13.3. The van der Waals surface area contributed by atoms with Crippen LogP contribution in [0, 0.1) is 18.3 Å². The molecule has 96 valence electrons. The van der Waals surface area contributed by atoms with E-state index in [2.05, 4.69) is 11.1 Å². The lowest BCUT2D eigenvalue weighted by Gasteiger charge is -2.38. The van der Waals surface area contributed by atoms with Gasteiger partial charge in [-0.05, 0) is 18.6 Å². The number of rotatable bonds is 3. The zero-order valence-corrected chi connectivity index (χ0v) is 10.9. The molecule has 1 aromatic heterocycles. The van der Waals surface area contributed by atoms with Crippen LogP contribution in [0.15, 0.2) is 12.3 Å². The first kappa shape index (κ1) is 12.8. The van der Waals surface area contributed by atoms with Gasteiger partial charge in [-0.15, -0.1) is 0 Å². The Bertz CT molecular complexity index is 600. The van der Waals surface area contributed by atoms with Gasteiger partial charge in [0.1, 0.15) is 11.9 Å². The number of aromatic nitrogens is 1. The van der Waals surface area contributed by atoms with Gasteiger partial charge in [0.05, 0.1) is 17.9 Å². The lowest BCUT2D eigenvalue weighted by molar-refractivity contribution is 0.176. The molecule has 1 aromatic rings. The van der Waals surface area contributed by atoms with Crippen LogP contribution in [0.3, 0.4) is 0 Å². The van der Waals surface area contributed by atoms with Crippen LogP contribution in [0.1, 0.15) is 11.1 Å². The summed E-state index contributed by atoms with van der Waals surface area (Å²) in [4.78, 5) is 6.08. The van der Waals surface area contributed by atoms with E-state index in [1.165, 1.54) is 0 Å². The smallest absolute Gasteiger partial charge is 0.264 e. The fourth-order valence-corrected chi connectivity index (χ4v) is 2.36. The fraction of sp³-hybridized carbons (Fsp3) is 0.455. The standard InChI is InChI=1S/C11H13N3O3S/c1-8-5-13-11(3-9(8)4-12)14-6-10(7-14)17-18(2,15)16/h3,5,10H,6-7H2,1-2H3. The van der Waals surface area contributed by atoms with Crippen LogP contribution in [0.25, 0.3) is 0 Å². The number of hydrogen-bond donors (Lipinski definition) is 0. The largest absolute Gasteiger partial charge is 0.351 e. The molecule has 6 nitrogen and oxygen atoms in total. The molecule has 0 bridgehead atoms. The normalized spacial score (nSPS) is 16.2. The summed E-state index contributed by atoms with van der Waals surface area (Å²) >= 11 is 0. The molecule has 1 fully saturated rings. The number of aryl methyl sites for hydroxylation is 1. The Hall–Kier alpha value is -1.65. The molecule has 0 aromatic carbocycles. The molecule has 1 aliphatic heterocycles. The summed E-state index contributed by atoms with van der Waals surface area (Å²) in [5.74, 6) is 0.672. The van der Waals surface area contributed by atoms with Crippen molar-refractivity contribution in [3.8, 4) is 6.07 Å². The second kappa shape index (κ2) is 4.55. The predicted octanol–water partition coefficient (Wildman–Crippen LogP) is 0.426. The lowest BCUT2D eigenvalue weighted by Crippen LogP contribution is -2.53. The minimum atomic E-state index is -3.41. The van der Waals surface area contributed by atoms with E-state index in [9.17, 15) is 8.42 Å². The lowest BCUT2D eigenvalue weighted by atomic mass is 10.1. The van der Waals surface area contributed by atoms with Crippen molar-refractivity contribution in [3.05, 3.63) is 23.4 Å². The van der Waals surface area contributed by atoms with Crippen molar-refractivity contribution in [2.24, 2.45) is 0 Å². The van der Waals surface area contributed by atoms with E-state index in [-0.39, 0.29) is 6.10 Å². The fourth-order valence-electron chi connectivity index (χ4n) is 1.74. The van der Waals surface area contributed by atoms with E-state index in [1.807, 2.05) is 11.8 Å². The maximum Gasteiger partial charge on any atom is 0.264 e. The Morgan fingerprint density at radius 3 is 2.78 bits per heavy atom. The molecule has 0 radical (unpaired) electrons. The van der Waals surface area contributed by atoms with Crippen molar-refractivity contribution in [2.45, 2.75) is 13.0 Å². The van der Waals surface area contributed by atoms with Gasteiger partial charge in [-0.3, -0.25) is 4.18 Å². The summed E-state index contributed by atoms with van der Waals surface area (Å²) in [6, 6.07) is 3.79. The van der Waals surface area contributed by atoms with Gasteiger partial charge < -0.3 is 4.90 Å². The maximum absolute atomic E-state index is 10.9. The first-order valence-corrected chi connectivity index (χ1v) is 7.20. The van der Waals surface area contributed by atoms with Gasteiger partial charge >= 0.3 is 0 Å². The molecular weight excluding hydrogens is 254 g/mol. The van der Waals surface area contributed by atoms with Crippen molar-refractivity contribution in [1.29, 1.82) is 5.26 Å². The van der Waals surface area contributed by atoms with Crippen molar-refractivity contribution < 1.29 is 12.6 Å². The van der Waals surface area contributed by atoms with E-state index in [4.69, 9.17) is 9.44 Å². The molecule has 1 aliphatic rings. The van der Waals surface area contributed by atoms with Crippen LogP contribution >= 0.6 is 0 Å². The highest BCUT2D eigenvalue weighted by Gasteiger charge is 2.31. The maximum atomic E-state index is 10.9. The predicted molar refractivity (Wildman–Crippen MR) is 65.6 cm³/mol. The number of pyridine rings is 1.